The van der Waals surface area contributed by atoms with Crippen LogP contribution in [-0.4, -0.2) is 41.0 Å². The molecule has 8 nitrogen and oxygen atoms in total. The Bertz CT molecular complexity index is 803. The van der Waals surface area contributed by atoms with E-state index in [0.29, 0.717) is 11.3 Å². The van der Waals surface area contributed by atoms with Gasteiger partial charge < -0.3 is 14.4 Å². The molecule has 0 saturated carbocycles. The summed E-state index contributed by atoms with van der Waals surface area (Å²) in [7, 11) is 1.30. The highest BCUT2D eigenvalue weighted by molar-refractivity contribution is 7.92. The second-order valence-corrected chi connectivity index (χ2v) is 7.02. The van der Waals surface area contributed by atoms with Crippen molar-refractivity contribution in [3.63, 3.8) is 0 Å². The van der Waals surface area contributed by atoms with Crippen LogP contribution in [-0.2, 0) is 18.6 Å². The molecular formula is C20H24N2O6S. The number of carbonyl (C=O) groups is 2. The average Bonchev–Trinajstić information content (AvgIpc) is 2.72. The Balaban J connectivity index is 2.17. The summed E-state index contributed by atoms with van der Waals surface area (Å²) >= 11 is 0.828. The molecule has 0 aliphatic heterocycles. The maximum atomic E-state index is 12.4. The molecule has 29 heavy (non-hydrogen) atoms. The Morgan fingerprint density at radius 3 is 2.48 bits per heavy atom. The van der Waals surface area contributed by atoms with Crippen LogP contribution in [0.4, 0.5) is 0 Å². The van der Waals surface area contributed by atoms with Crippen LogP contribution < -0.4 is 4.89 Å². The zero-order valence-corrected chi connectivity index (χ0v) is 17.5. The fourth-order valence-corrected chi connectivity index (χ4v) is 2.93. The standard InChI is InChI=1S/C20H24N2O6S/c1-14(2)26-20(24)19-17(11-8-12-21-19)15(3)22(13-18(23)25-4)29-28-27-16-9-6-5-7-10-16/h5-12,14-15H,13H2,1-4H3. The van der Waals surface area contributed by atoms with Gasteiger partial charge in [-0.05, 0) is 39.0 Å². The summed E-state index contributed by atoms with van der Waals surface area (Å²) < 4.78 is 16.9. The predicted octanol–water partition coefficient (Wildman–Crippen LogP) is 3.76. The third-order valence-electron chi connectivity index (χ3n) is 3.77. The molecule has 0 radical (unpaired) electrons. The van der Waals surface area contributed by atoms with Crippen molar-refractivity contribution < 1.29 is 28.3 Å². The first-order chi connectivity index (χ1) is 13.9. The first kappa shape index (κ1) is 22.7. The first-order valence-corrected chi connectivity index (χ1v) is 9.68. The van der Waals surface area contributed by atoms with E-state index in [1.807, 2.05) is 13.0 Å². The largest absolute Gasteiger partial charge is 0.468 e. The van der Waals surface area contributed by atoms with E-state index >= 15 is 0 Å². The molecule has 0 bridgehead atoms. The van der Waals surface area contributed by atoms with Crippen LogP contribution in [0, 0.1) is 0 Å². The van der Waals surface area contributed by atoms with E-state index in [0.717, 1.165) is 12.2 Å². The quantitative estimate of drug-likeness (QED) is 0.187. The summed E-state index contributed by atoms with van der Waals surface area (Å²) in [5, 5.41) is 0. The van der Waals surface area contributed by atoms with Crippen LogP contribution >= 0.6 is 12.2 Å². The predicted molar refractivity (Wildman–Crippen MR) is 108 cm³/mol. The van der Waals surface area contributed by atoms with Crippen LogP contribution in [0.25, 0.3) is 0 Å². The summed E-state index contributed by atoms with van der Waals surface area (Å²) in [5.74, 6) is -0.497. The Kier molecular flexibility index (Phi) is 8.91. The molecule has 0 aliphatic carbocycles. The molecule has 1 aromatic heterocycles. The number of pyridine rings is 1. The van der Waals surface area contributed by atoms with Gasteiger partial charge in [0.2, 0.25) is 0 Å². The number of nitrogens with zero attached hydrogens (tertiary/aromatic N) is 2. The van der Waals surface area contributed by atoms with Gasteiger partial charge in [0.15, 0.2) is 11.4 Å². The van der Waals surface area contributed by atoms with E-state index in [2.05, 4.69) is 4.98 Å². The molecule has 1 aromatic carbocycles. The van der Waals surface area contributed by atoms with Crippen molar-refractivity contribution in [2.75, 3.05) is 13.7 Å². The number of esters is 2. The third-order valence-corrected chi connectivity index (χ3v) is 4.54. The van der Waals surface area contributed by atoms with E-state index in [1.165, 1.54) is 13.3 Å². The van der Waals surface area contributed by atoms with Crippen molar-refractivity contribution >= 4 is 24.2 Å². The second kappa shape index (κ2) is 11.4. The SMILES string of the molecule is COC(=O)CN(SOOc1ccccc1)C(C)c1cccnc1C(=O)OC(C)C. The minimum atomic E-state index is -0.535. The lowest BCUT2D eigenvalue weighted by atomic mass is 10.1. The number of hydrogen-bond donors (Lipinski definition) is 0. The lowest BCUT2D eigenvalue weighted by molar-refractivity contribution is -0.141. The van der Waals surface area contributed by atoms with Crippen LogP contribution in [0.3, 0.4) is 0 Å². The lowest BCUT2D eigenvalue weighted by Crippen LogP contribution is -2.29. The van der Waals surface area contributed by atoms with Crippen molar-refractivity contribution in [2.45, 2.75) is 32.9 Å². The molecule has 2 rings (SSSR count). The lowest BCUT2D eigenvalue weighted by Gasteiger charge is -2.26. The van der Waals surface area contributed by atoms with Crippen LogP contribution in [0.5, 0.6) is 5.75 Å². The van der Waals surface area contributed by atoms with Crippen molar-refractivity contribution in [1.82, 2.24) is 9.29 Å². The van der Waals surface area contributed by atoms with Gasteiger partial charge in [-0.25, -0.2) is 14.1 Å². The van der Waals surface area contributed by atoms with E-state index in [-0.39, 0.29) is 18.3 Å². The molecule has 1 unspecified atom stereocenters. The molecule has 0 spiro atoms. The number of rotatable bonds is 10. The monoisotopic (exact) mass is 420 g/mol. The first-order valence-electron chi connectivity index (χ1n) is 8.98. The Morgan fingerprint density at radius 2 is 1.83 bits per heavy atom. The van der Waals surface area contributed by atoms with Gasteiger partial charge in [0.1, 0.15) is 18.8 Å². The van der Waals surface area contributed by atoms with E-state index < -0.39 is 18.0 Å². The highest BCUT2D eigenvalue weighted by Gasteiger charge is 2.27. The number of aromatic nitrogens is 1. The summed E-state index contributed by atoms with van der Waals surface area (Å²) in [6, 6.07) is 11.9. The minimum Gasteiger partial charge on any atom is -0.468 e. The van der Waals surface area contributed by atoms with Gasteiger partial charge in [0.05, 0.1) is 13.2 Å². The Morgan fingerprint density at radius 1 is 1.10 bits per heavy atom. The molecule has 9 heteroatoms. The minimum absolute atomic E-state index is 0.103. The topological polar surface area (TPSA) is 87.2 Å². The summed E-state index contributed by atoms with van der Waals surface area (Å²) in [6.07, 6.45) is 1.23. The van der Waals surface area contributed by atoms with Crippen molar-refractivity contribution in [3.8, 4) is 5.75 Å². The molecule has 0 saturated heterocycles. The van der Waals surface area contributed by atoms with Gasteiger partial charge in [-0.3, -0.25) is 4.79 Å². The Labute approximate surface area is 174 Å². The van der Waals surface area contributed by atoms with Gasteiger partial charge in [0.25, 0.3) is 0 Å². The molecular weight excluding hydrogens is 396 g/mol. The maximum Gasteiger partial charge on any atom is 0.357 e. The summed E-state index contributed by atoms with van der Waals surface area (Å²) in [6.45, 7) is 5.23. The second-order valence-electron chi connectivity index (χ2n) is 6.26. The van der Waals surface area contributed by atoms with Gasteiger partial charge >= 0.3 is 11.9 Å². The molecule has 2 aromatic rings. The number of ether oxygens (including phenoxy) is 2. The van der Waals surface area contributed by atoms with Crippen molar-refractivity contribution in [2.24, 2.45) is 0 Å². The molecule has 156 valence electrons. The van der Waals surface area contributed by atoms with E-state index in [9.17, 15) is 9.59 Å². The fourth-order valence-electron chi connectivity index (χ4n) is 2.34. The third kappa shape index (κ3) is 7.04. The molecule has 0 N–H and O–H groups in total. The molecule has 0 fully saturated rings. The Hall–Kier alpha value is -2.62. The molecule has 0 amide bonds. The van der Waals surface area contributed by atoms with Crippen molar-refractivity contribution in [3.05, 3.63) is 59.9 Å². The molecule has 0 aliphatic rings. The normalized spacial score (nSPS) is 11.9. The number of benzene rings is 1. The maximum absolute atomic E-state index is 12.4. The van der Waals surface area contributed by atoms with Gasteiger partial charge in [-0.2, -0.15) is 0 Å². The fraction of sp³-hybridized carbons (Fsp3) is 0.350. The van der Waals surface area contributed by atoms with Gasteiger partial charge in [-0.1, -0.05) is 28.6 Å². The highest BCUT2D eigenvalue weighted by Crippen LogP contribution is 2.30. The van der Waals surface area contributed by atoms with Gasteiger partial charge in [0, 0.05) is 17.8 Å². The van der Waals surface area contributed by atoms with Crippen LogP contribution in [0.2, 0.25) is 0 Å². The van der Waals surface area contributed by atoms with E-state index in [4.69, 9.17) is 18.7 Å². The van der Waals surface area contributed by atoms with Crippen LogP contribution in [0.1, 0.15) is 42.9 Å². The molecule has 1 atom stereocenters. The van der Waals surface area contributed by atoms with E-state index in [1.54, 1.807) is 54.6 Å². The highest BCUT2D eigenvalue weighted by atomic mass is 32.2. The number of hydrogen-bond acceptors (Lipinski definition) is 9. The van der Waals surface area contributed by atoms with Gasteiger partial charge in [-0.15, -0.1) is 0 Å². The van der Waals surface area contributed by atoms with Crippen LogP contribution in [0.15, 0.2) is 48.7 Å². The zero-order chi connectivity index (χ0) is 21.2. The number of carbonyl (C=O) groups excluding carboxylic acids is 2. The average molecular weight is 420 g/mol. The number of methoxy groups -OCH3 is 1. The summed E-state index contributed by atoms with van der Waals surface area (Å²) in [4.78, 5) is 33.7. The zero-order valence-electron chi connectivity index (χ0n) is 16.7. The molecule has 1 heterocycles. The van der Waals surface area contributed by atoms with Crippen molar-refractivity contribution in [1.29, 1.82) is 0 Å². The number of para-hydroxylation sites is 1. The smallest absolute Gasteiger partial charge is 0.357 e. The summed E-state index contributed by atoms with van der Waals surface area (Å²) in [5.41, 5.74) is 0.756.